The Hall–Kier alpha value is -2.15. The molecule has 2 aliphatic heterocycles. The summed E-state index contributed by atoms with van der Waals surface area (Å²) in [5.41, 5.74) is 0.934. The van der Waals surface area contributed by atoms with Gasteiger partial charge < -0.3 is 19.7 Å². The molecule has 25 heavy (non-hydrogen) atoms. The molecule has 0 bridgehead atoms. The number of H-pyrrole nitrogens is 1. The molecule has 2 N–H and O–H groups in total. The third-order valence-electron chi connectivity index (χ3n) is 5.21. The van der Waals surface area contributed by atoms with E-state index in [9.17, 15) is 14.4 Å². The van der Waals surface area contributed by atoms with Gasteiger partial charge in [-0.1, -0.05) is 6.92 Å². The van der Waals surface area contributed by atoms with Crippen LogP contribution >= 0.6 is 0 Å². The Kier molecular flexibility index (Phi) is 5.22. The van der Waals surface area contributed by atoms with Crippen LogP contribution in [0.25, 0.3) is 0 Å². The summed E-state index contributed by atoms with van der Waals surface area (Å²) in [6.45, 7) is 3.14. The van der Waals surface area contributed by atoms with E-state index in [1.165, 1.54) is 6.07 Å². The van der Waals surface area contributed by atoms with E-state index in [0.717, 1.165) is 25.0 Å². The molecular weight excluding hydrogens is 324 g/mol. The Morgan fingerprint density at radius 3 is 2.56 bits per heavy atom. The number of hydrogen-bond acceptors (Lipinski definition) is 4. The van der Waals surface area contributed by atoms with E-state index in [2.05, 4.69) is 4.98 Å². The largest absolute Gasteiger partial charge is 0.479 e. The molecule has 2 saturated heterocycles. The lowest BCUT2D eigenvalue weighted by Gasteiger charge is -2.34. The monoisotopic (exact) mass is 348 g/mol. The summed E-state index contributed by atoms with van der Waals surface area (Å²) in [6.07, 6.45) is 2.88. The number of aromatic nitrogens is 1. The Bertz CT molecular complexity index is 706. The van der Waals surface area contributed by atoms with Gasteiger partial charge in [0.15, 0.2) is 6.10 Å². The fraction of sp³-hybridized carbons (Fsp3) is 0.611. The second kappa shape index (κ2) is 7.39. The molecule has 1 aromatic heterocycles. The van der Waals surface area contributed by atoms with E-state index in [1.807, 2.05) is 6.92 Å². The predicted molar refractivity (Wildman–Crippen MR) is 90.6 cm³/mol. The van der Waals surface area contributed by atoms with Crippen LogP contribution in [0, 0.1) is 5.92 Å². The number of hydrogen-bond donors (Lipinski definition) is 2. The number of rotatable bonds is 4. The van der Waals surface area contributed by atoms with E-state index in [0.29, 0.717) is 37.4 Å². The van der Waals surface area contributed by atoms with E-state index >= 15 is 0 Å². The molecule has 7 nitrogen and oxygen atoms in total. The zero-order valence-corrected chi connectivity index (χ0v) is 14.4. The van der Waals surface area contributed by atoms with Gasteiger partial charge in [-0.2, -0.15) is 0 Å². The number of pyridine rings is 1. The van der Waals surface area contributed by atoms with Crippen molar-refractivity contribution in [1.82, 2.24) is 9.88 Å². The van der Waals surface area contributed by atoms with Crippen molar-refractivity contribution in [1.29, 1.82) is 0 Å². The molecule has 0 radical (unpaired) electrons. The second-order valence-corrected chi connectivity index (χ2v) is 6.82. The number of piperidine rings is 1. The lowest BCUT2D eigenvalue weighted by atomic mass is 9.89. The summed E-state index contributed by atoms with van der Waals surface area (Å²) in [5, 5.41) is 9.03. The smallest absolute Gasteiger partial charge is 0.332 e. The lowest BCUT2D eigenvalue weighted by molar-refractivity contribution is -0.150. The van der Waals surface area contributed by atoms with Gasteiger partial charge in [-0.05, 0) is 44.1 Å². The van der Waals surface area contributed by atoms with Gasteiger partial charge >= 0.3 is 5.97 Å². The Labute approximate surface area is 146 Å². The fourth-order valence-electron chi connectivity index (χ4n) is 3.76. The molecule has 2 aliphatic rings. The minimum atomic E-state index is -0.892. The molecule has 7 heteroatoms. The second-order valence-electron chi connectivity index (χ2n) is 6.82. The van der Waals surface area contributed by atoms with E-state index < -0.39 is 12.1 Å². The number of carboxylic acids is 1. The van der Waals surface area contributed by atoms with Gasteiger partial charge in [0, 0.05) is 30.4 Å². The molecule has 0 aromatic carbocycles. The first kappa shape index (κ1) is 17.7. The Balaban J connectivity index is 1.59. The summed E-state index contributed by atoms with van der Waals surface area (Å²) < 4.78 is 5.64. The fourth-order valence-corrected chi connectivity index (χ4v) is 3.76. The van der Waals surface area contributed by atoms with Gasteiger partial charge in [-0.25, -0.2) is 4.79 Å². The van der Waals surface area contributed by atoms with Gasteiger partial charge in [-0.15, -0.1) is 0 Å². The number of nitrogens with zero attached hydrogens (tertiary/aromatic N) is 1. The third kappa shape index (κ3) is 3.92. The van der Waals surface area contributed by atoms with Crippen LogP contribution in [-0.2, 0) is 16.0 Å². The van der Waals surface area contributed by atoms with Gasteiger partial charge in [0.05, 0.1) is 6.10 Å². The first-order valence-corrected chi connectivity index (χ1v) is 8.88. The number of carbonyl (C=O) groups excluding carboxylic acids is 1. The number of aromatic amines is 1. The zero-order chi connectivity index (χ0) is 18.0. The highest BCUT2D eigenvalue weighted by Gasteiger charge is 2.37. The molecule has 0 spiro atoms. The number of likely N-dealkylation sites (tertiary alicyclic amines) is 1. The van der Waals surface area contributed by atoms with Gasteiger partial charge in [0.25, 0.3) is 5.91 Å². The minimum Gasteiger partial charge on any atom is -0.479 e. The zero-order valence-electron chi connectivity index (χ0n) is 14.4. The summed E-state index contributed by atoms with van der Waals surface area (Å²) in [5.74, 6) is -0.718. The molecule has 2 fully saturated rings. The molecule has 0 unspecified atom stereocenters. The maximum absolute atomic E-state index is 12.7. The molecule has 1 amide bonds. The molecule has 0 aliphatic carbocycles. The van der Waals surface area contributed by atoms with Crippen molar-refractivity contribution in [2.24, 2.45) is 5.92 Å². The van der Waals surface area contributed by atoms with Crippen molar-refractivity contribution in [3.63, 3.8) is 0 Å². The molecular formula is C18H24N2O5. The molecule has 136 valence electrons. The maximum atomic E-state index is 12.7. The van der Waals surface area contributed by atoms with Gasteiger partial charge in [0.1, 0.15) is 0 Å². The van der Waals surface area contributed by atoms with Crippen molar-refractivity contribution < 1.29 is 19.4 Å². The number of aliphatic carboxylic acids is 1. The van der Waals surface area contributed by atoms with Crippen molar-refractivity contribution in [3.05, 3.63) is 33.7 Å². The molecule has 0 saturated carbocycles. The minimum absolute atomic E-state index is 0.0235. The van der Waals surface area contributed by atoms with Crippen LogP contribution in [-0.4, -0.2) is 52.2 Å². The first-order valence-electron chi connectivity index (χ1n) is 8.88. The quantitative estimate of drug-likeness (QED) is 0.857. The highest BCUT2D eigenvalue weighted by Crippen LogP contribution is 2.32. The summed E-state index contributed by atoms with van der Waals surface area (Å²) in [6, 6.07) is 3.10. The maximum Gasteiger partial charge on any atom is 0.332 e. The number of amides is 1. The van der Waals surface area contributed by atoms with E-state index in [-0.39, 0.29) is 17.6 Å². The van der Waals surface area contributed by atoms with Crippen molar-refractivity contribution in [2.75, 3.05) is 13.1 Å². The third-order valence-corrected chi connectivity index (χ3v) is 5.21. The summed E-state index contributed by atoms with van der Waals surface area (Å²) in [7, 11) is 0. The van der Waals surface area contributed by atoms with Crippen molar-refractivity contribution >= 4 is 11.9 Å². The Morgan fingerprint density at radius 2 is 1.96 bits per heavy atom. The van der Waals surface area contributed by atoms with Crippen LogP contribution in [0.2, 0.25) is 0 Å². The molecule has 1 aromatic rings. The standard InChI is InChI=1S/C18H24N2O5/c1-2-13-9-12(10-16(21)19-13)17(22)20-7-5-11(6-8-20)14-3-4-15(25-14)18(23)24/h9-11,14-15H,2-8H2,1H3,(H,19,21)(H,23,24)/t14-,15+/m0/s1. The topological polar surface area (TPSA) is 99.7 Å². The average molecular weight is 348 g/mol. The van der Waals surface area contributed by atoms with Crippen LogP contribution in [0.5, 0.6) is 0 Å². The summed E-state index contributed by atoms with van der Waals surface area (Å²) in [4.78, 5) is 39.8. The van der Waals surface area contributed by atoms with E-state index in [1.54, 1.807) is 11.0 Å². The summed E-state index contributed by atoms with van der Waals surface area (Å²) >= 11 is 0. The molecule has 2 atom stereocenters. The number of nitrogens with one attached hydrogen (secondary N) is 1. The van der Waals surface area contributed by atoms with Crippen LogP contribution in [0.15, 0.2) is 16.9 Å². The van der Waals surface area contributed by atoms with E-state index in [4.69, 9.17) is 9.84 Å². The number of carbonyl (C=O) groups is 2. The van der Waals surface area contributed by atoms with Crippen molar-refractivity contribution in [2.45, 2.75) is 51.2 Å². The lowest BCUT2D eigenvalue weighted by Crippen LogP contribution is -2.41. The van der Waals surface area contributed by atoms with Gasteiger partial charge in [0.2, 0.25) is 5.56 Å². The van der Waals surface area contributed by atoms with Crippen molar-refractivity contribution in [3.8, 4) is 0 Å². The van der Waals surface area contributed by atoms with Crippen LogP contribution in [0.4, 0.5) is 0 Å². The highest BCUT2D eigenvalue weighted by molar-refractivity contribution is 5.94. The Morgan fingerprint density at radius 1 is 1.24 bits per heavy atom. The highest BCUT2D eigenvalue weighted by atomic mass is 16.5. The molecule has 3 rings (SSSR count). The van der Waals surface area contributed by atoms with Crippen LogP contribution < -0.4 is 5.56 Å². The predicted octanol–water partition coefficient (Wildman–Crippen LogP) is 1.42. The normalized spacial score (nSPS) is 24.4. The average Bonchev–Trinajstić information content (AvgIpc) is 3.11. The first-order chi connectivity index (χ1) is 12.0. The van der Waals surface area contributed by atoms with Crippen LogP contribution in [0.3, 0.4) is 0 Å². The van der Waals surface area contributed by atoms with Gasteiger partial charge in [-0.3, -0.25) is 9.59 Å². The number of carboxylic acid groups (broad SMARTS) is 1. The number of aryl methyl sites for hydroxylation is 1. The SMILES string of the molecule is CCc1cc(C(=O)N2CCC([C@@H]3CC[C@H](C(=O)O)O3)CC2)cc(=O)[nH]1. The number of ether oxygens (including phenoxy) is 1. The van der Waals surface area contributed by atoms with Crippen LogP contribution in [0.1, 0.15) is 48.7 Å². The molecule has 3 heterocycles.